The molecule has 1 atom stereocenters. The van der Waals surface area contributed by atoms with Gasteiger partial charge in [-0.3, -0.25) is 9.59 Å². The number of aromatic nitrogens is 1. The van der Waals surface area contributed by atoms with Crippen molar-refractivity contribution in [1.29, 1.82) is 0 Å². The van der Waals surface area contributed by atoms with Crippen LogP contribution in [0.5, 0.6) is 0 Å². The van der Waals surface area contributed by atoms with Gasteiger partial charge in [-0.15, -0.1) is 11.3 Å². The van der Waals surface area contributed by atoms with Gasteiger partial charge in [0.05, 0.1) is 0 Å². The quantitative estimate of drug-likeness (QED) is 0.856. The lowest BCUT2D eigenvalue weighted by Crippen LogP contribution is -2.40. The number of hydrogen-bond donors (Lipinski definition) is 1. The Morgan fingerprint density at radius 2 is 2.15 bits per heavy atom. The number of aliphatic carboxylic acids is 1. The summed E-state index contributed by atoms with van der Waals surface area (Å²) in [5, 5.41) is 11.6. The van der Waals surface area contributed by atoms with E-state index in [1.54, 1.807) is 0 Å². The first kappa shape index (κ1) is 18.6. The minimum absolute atomic E-state index is 0.0442. The number of aryl methyl sites for hydroxylation is 2. The van der Waals surface area contributed by atoms with Crippen molar-refractivity contribution < 1.29 is 14.7 Å². The first-order valence-corrected chi connectivity index (χ1v) is 9.86. The second kappa shape index (κ2) is 7.99. The molecule has 3 rings (SSSR count). The van der Waals surface area contributed by atoms with Gasteiger partial charge in [0.15, 0.2) is 0 Å². The van der Waals surface area contributed by atoms with Gasteiger partial charge < -0.3 is 10.0 Å². The van der Waals surface area contributed by atoms with Crippen LogP contribution in [-0.4, -0.2) is 40.0 Å². The van der Waals surface area contributed by atoms with Crippen molar-refractivity contribution in [3.8, 4) is 10.6 Å². The molecule has 26 heavy (non-hydrogen) atoms. The summed E-state index contributed by atoms with van der Waals surface area (Å²) < 4.78 is 0. The molecule has 2 heterocycles. The van der Waals surface area contributed by atoms with Crippen LogP contribution < -0.4 is 0 Å². The number of amides is 1. The van der Waals surface area contributed by atoms with Crippen LogP contribution in [0.2, 0.25) is 0 Å². The number of carbonyl (C=O) groups is 2. The van der Waals surface area contributed by atoms with E-state index in [9.17, 15) is 9.59 Å². The summed E-state index contributed by atoms with van der Waals surface area (Å²) in [6.07, 6.45) is 2.70. The predicted molar refractivity (Wildman–Crippen MR) is 103 cm³/mol. The van der Waals surface area contributed by atoms with Crippen LogP contribution >= 0.6 is 11.3 Å². The second-order valence-corrected chi connectivity index (χ2v) is 7.91. The fourth-order valence-electron chi connectivity index (χ4n) is 3.52. The summed E-state index contributed by atoms with van der Waals surface area (Å²) in [5.74, 6) is -0.551. The lowest BCUT2D eigenvalue weighted by Gasteiger charge is -2.32. The van der Waals surface area contributed by atoms with Crippen molar-refractivity contribution in [3.05, 3.63) is 40.4 Å². The Bertz CT molecular complexity index is 815. The van der Waals surface area contributed by atoms with E-state index in [1.165, 1.54) is 16.9 Å². The zero-order chi connectivity index (χ0) is 18.7. The fourth-order valence-corrected chi connectivity index (χ4v) is 4.41. The Labute approximate surface area is 157 Å². The number of carboxylic acids is 1. The highest BCUT2D eigenvalue weighted by molar-refractivity contribution is 7.13. The smallest absolute Gasteiger partial charge is 0.303 e. The molecule has 1 aromatic carbocycles. The van der Waals surface area contributed by atoms with Crippen molar-refractivity contribution in [1.82, 2.24) is 9.88 Å². The summed E-state index contributed by atoms with van der Waals surface area (Å²) >= 11 is 1.49. The molecule has 138 valence electrons. The Hall–Kier alpha value is -2.21. The average molecular weight is 372 g/mol. The molecule has 1 aliphatic rings. The third-order valence-electron chi connectivity index (χ3n) is 4.91. The Morgan fingerprint density at radius 3 is 2.88 bits per heavy atom. The number of carboxylic acid groups (broad SMARTS) is 1. The number of thiazole rings is 1. The first-order chi connectivity index (χ1) is 12.4. The van der Waals surface area contributed by atoms with Gasteiger partial charge in [0.1, 0.15) is 10.7 Å². The molecule has 5 nitrogen and oxygen atoms in total. The normalized spacial score (nSPS) is 17.3. The molecule has 0 aliphatic carbocycles. The monoisotopic (exact) mass is 372 g/mol. The molecule has 1 aliphatic heterocycles. The summed E-state index contributed by atoms with van der Waals surface area (Å²) in [5.41, 5.74) is 3.92. The minimum Gasteiger partial charge on any atom is -0.481 e. The van der Waals surface area contributed by atoms with Gasteiger partial charge in [-0.1, -0.05) is 23.8 Å². The highest BCUT2D eigenvalue weighted by atomic mass is 32.1. The van der Waals surface area contributed by atoms with Crippen LogP contribution in [-0.2, 0) is 4.79 Å². The zero-order valence-corrected chi connectivity index (χ0v) is 16.0. The van der Waals surface area contributed by atoms with Gasteiger partial charge in [-0.25, -0.2) is 4.98 Å². The largest absolute Gasteiger partial charge is 0.481 e. The summed E-state index contributed by atoms with van der Waals surface area (Å²) in [6.45, 7) is 5.47. The SMILES string of the molecule is Cc1ccc(-c2nc(C(=O)N3CCC[C@H](CCC(=O)O)C3)cs2)c(C)c1. The van der Waals surface area contributed by atoms with Gasteiger partial charge in [0.25, 0.3) is 5.91 Å². The van der Waals surface area contributed by atoms with Crippen LogP contribution in [0.3, 0.4) is 0 Å². The van der Waals surface area contributed by atoms with E-state index in [0.717, 1.165) is 35.5 Å². The number of rotatable bonds is 5. The third-order valence-corrected chi connectivity index (χ3v) is 5.78. The van der Waals surface area contributed by atoms with Crippen LogP contribution in [0.1, 0.15) is 47.3 Å². The van der Waals surface area contributed by atoms with Crippen molar-refractivity contribution >= 4 is 23.2 Å². The minimum atomic E-state index is -0.772. The van der Waals surface area contributed by atoms with Crippen molar-refractivity contribution in [2.75, 3.05) is 13.1 Å². The maximum absolute atomic E-state index is 12.8. The summed E-state index contributed by atoms with van der Waals surface area (Å²) in [4.78, 5) is 30.0. The van der Waals surface area contributed by atoms with E-state index < -0.39 is 5.97 Å². The molecule has 0 spiro atoms. The van der Waals surface area contributed by atoms with E-state index in [-0.39, 0.29) is 18.2 Å². The van der Waals surface area contributed by atoms with Gasteiger partial charge in [-0.2, -0.15) is 0 Å². The van der Waals surface area contributed by atoms with Gasteiger partial charge in [0.2, 0.25) is 0 Å². The Morgan fingerprint density at radius 1 is 1.35 bits per heavy atom. The molecule has 1 N–H and O–H groups in total. The van der Waals surface area contributed by atoms with Crippen molar-refractivity contribution in [3.63, 3.8) is 0 Å². The number of benzene rings is 1. The molecule has 1 aromatic heterocycles. The molecule has 1 amide bonds. The molecule has 0 saturated carbocycles. The molecule has 6 heteroatoms. The van der Waals surface area contributed by atoms with Crippen LogP contribution in [0.15, 0.2) is 23.6 Å². The molecule has 0 unspecified atom stereocenters. The molecule has 1 fully saturated rings. The van der Waals surface area contributed by atoms with Crippen LogP contribution in [0, 0.1) is 19.8 Å². The highest BCUT2D eigenvalue weighted by Crippen LogP contribution is 2.29. The van der Waals surface area contributed by atoms with Crippen LogP contribution in [0.4, 0.5) is 0 Å². The highest BCUT2D eigenvalue weighted by Gasteiger charge is 2.26. The molecule has 0 bridgehead atoms. The van der Waals surface area contributed by atoms with E-state index in [0.29, 0.717) is 18.7 Å². The number of carbonyl (C=O) groups excluding carboxylic acids is 1. The standard InChI is InChI=1S/C20H24N2O3S/c1-13-5-7-16(14(2)10-13)19-21-17(12-26-19)20(25)22-9-3-4-15(11-22)6-8-18(23)24/h5,7,10,12,15H,3-4,6,8-9,11H2,1-2H3,(H,23,24)/t15-/m1/s1. The molecule has 1 saturated heterocycles. The summed E-state index contributed by atoms with van der Waals surface area (Å²) in [7, 11) is 0. The van der Waals surface area contributed by atoms with E-state index in [2.05, 4.69) is 37.0 Å². The van der Waals surface area contributed by atoms with Crippen molar-refractivity contribution in [2.45, 2.75) is 39.5 Å². The number of hydrogen-bond acceptors (Lipinski definition) is 4. The average Bonchev–Trinajstić information content (AvgIpc) is 3.09. The molecule has 2 aromatic rings. The maximum atomic E-state index is 12.8. The number of nitrogens with zero attached hydrogens (tertiary/aromatic N) is 2. The first-order valence-electron chi connectivity index (χ1n) is 8.98. The van der Waals surface area contributed by atoms with Gasteiger partial charge in [-0.05, 0) is 44.6 Å². The molecular formula is C20H24N2O3S. The number of piperidine rings is 1. The summed E-state index contributed by atoms with van der Waals surface area (Å²) in [6, 6.07) is 6.24. The van der Waals surface area contributed by atoms with E-state index in [4.69, 9.17) is 5.11 Å². The Balaban J connectivity index is 1.70. The lowest BCUT2D eigenvalue weighted by molar-refractivity contribution is -0.137. The van der Waals surface area contributed by atoms with Crippen LogP contribution in [0.25, 0.3) is 10.6 Å². The van der Waals surface area contributed by atoms with Crippen molar-refractivity contribution in [2.24, 2.45) is 5.92 Å². The number of likely N-dealkylation sites (tertiary alicyclic amines) is 1. The topological polar surface area (TPSA) is 70.5 Å². The van der Waals surface area contributed by atoms with Gasteiger partial charge >= 0.3 is 5.97 Å². The zero-order valence-electron chi connectivity index (χ0n) is 15.2. The van der Waals surface area contributed by atoms with Gasteiger partial charge in [0, 0.05) is 30.5 Å². The van der Waals surface area contributed by atoms with E-state index >= 15 is 0 Å². The third kappa shape index (κ3) is 4.30. The lowest BCUT2D eigenvalue weighted by atomic mass is 9.93. The predicted octanol–water partition coefficient (Wildman–Crippen LogP) is 4.14. The molecule has 0 radical (unpaired) electrons. The second-order valence-electron chi connectivity index (χ2n) is 7.05. The Kier molecular flexibility index (Phi) is 5.71. The van der Waals surface area contributed by atoms with E-state index in [1.807, 2.05) is 10.3 Å². The maximum Gasteiger partial charge on any atom is 0.303 e. The molecular weight excluding hydrogens is 348 g/mol. The fraction of sp³-hybridized carbons (Fsp3) is 0.450.